The Morgan fingerprint density at radius 1 is 1.65 bits per heavy atom. The highest BCUT2D eigenvalue weighted by Crippen LogP contribution is 2.10. The summed E-state index contributed by atoms with van der Waals surface area (Å²) in [5.74, 6) is -1.06. The van der Waals surface area contributed by atoms with Gasteiger partial charge in [-0.15, -0.1) is 0 Å². The molecule has 0 aromatic carbocycles. The molecule has 0 fully saturated rings. The third-order valence-corrected chi connectivity index (χ3v) is 2.38. The summed E-state index contributed by atoms with van der Waals surface area (Å²) in [6.07, 6.45) is 1.37. The van der Waals surface area contributed by atoms with Gasteiger partial charge in [-0.2, -0.15) is 5.10 Å². The number of carbonyl (C=O) groups is 2. The van der Waals surface area contributed by atoms with Gasteiger partial charge in [-0.25, -0.2) is 0 Å². The maximum Gasteiger partial charge on any atom is 0.310 e. The van der Waals surface area contributed by atoms with Gasteiger partial charge in [0.2, 0.25) is 0 Å². The van der Waals surface area contributed by atoms with Gasteiger partial charge in [0.15, 0.2) is 0 Å². The summed E-state index contributed by atoms with van der Waals surface area (Å²) in [7, 11) is 2.90. The molecular formula is C10H16N4O3. The maximum atomic E-state index is 11.9. The van der Waals surface area contributed by atoms with Gasteiger partial charge in [-0.3, -0.25) is 14.7 Å². The third-order valence-electron chi connectivity index (χ3n) is 2.38. The fourth-order valence-electron chi connectivity index (χ4n) is 1.43. The molecule has 17 heavy (non-hydrogen) atoms. The number of esters is 1. The lowest BCUT2D eigenvalue weighted by molar-refractivity contribution is -0.145. The number of carbonyl (C=O) groups excluding carboxylic acids is 2. The van der Waals surface area contributed by atoms with Gasteiger partial charge < -0.3 is 15.4 Å². The van der Waals surface area contributed by atoms with Crippen LogP contribution in [0.1, 0.15) is 17.4 Å². The fraction of sp³-hybridized carbons (Fsp3) is 0.500. The summed E-state index contributed by atoms with van der Waals surface area (Å²) in [6, 6.07) is 0. The molecule has 0 aliphatic heterocycles. The molecule has 1 heterocycles. The van der Waals surface area contributed by atoms with Crippen molar-refractivity contribution in [3.8, 4) is 0 Å². The molecule has 0 saturated heterocycles. The Morgan fingerprint density at radius 2 is 2.29 bits per heavy atom. The molecule has 0 aliphatic rings. The first kappa shape index (κ1) is 13.0. The van der Waals surface area contributed by atoms with Crippen molar-refractivity contribution in [3.05, 3.63) is 11.9 Å². The SMILES string of the molecule is COC(=O)C(C)CN(C)C(=O)c1[nH]ncc1N. The molecule has 1 amide bonds. The second kappa shape index (κ2) is 5.33. The van der Waals surface area contributed by atoms with Gasteiger partial charge >= 0.3 is 5.97 Å². The van der Waals surface area contributed by atoms with E-state index in [1.54, 1.807) is 14.0 Å². The Balaban J connectivity index is 2.65. The molecule has 94 valence electrons. The number of methoxy groups -OCH3 is 1. The molecule has 1 rings (SSSR count). The largest absolute Gasteiger partial charge is 0.469 e. The van der Waals surface area contributed by atoms with E-state index < -0.39 is 5.92 Å². The quantitative estimate of drug-likeness (QED) is 0.714. The van der Waals surface area contributed by atoms with Gasteiger partial charge in [0.1, 0.15) is 5.69 Å². The Bertz CT molecular complexity index is 415. The van der Waals surface area contributed by atoms with E-state index in [1.807, 2.05) is 0 Å². The molecule has 1 aromatic rings. The van der Waals surface area contributed by atoms with E-state index in [-0.39, 0.29) is 29.8 Å². The van der Waals surface area contributed by atoms with E-state index in [0.29, 0.717) is 0 Å². The first-order chi connectivity index (χ1) is 7.97. The number of hydrogen-bond donors (Lipinski definition) is 2. The Kier molecular flexibility index (Phi) is 4.08. The Hall–Kier alpha value is -2.05. The van der Waals surface area contributed by atoms with Crippen molar-refractivity contribution in [3.63, 3.8) is 0 Å². The zero-order valence-electron chi connectivity index (χ0n) is 10.1. The lowest BCUT2D eigenvalue weighted by atomic mass is 10.1. The number of aromatic amines is 1. The van der Waals surface area contributed by atoms with Gasteiger partial charge in [0.05, 0.1) is 24.9 Å². The van der Waals surface area contributed by atoms with Gasteiger partial charge in [0.25, 0.3) is 5.91 Å². The number of H-pyrrole nitrogens is 1. The monoisotopic (exact) mass is 240 g/mol. The predicted octanol–water partition coefficient (Wildman–Crippen LogP) is -0.127. The third kappa shape index (κ3) is 2.96. The molecule has 3 N–H and O–H groups in total. The molecule has 0 spiro atoms. The molecule has 1 atom stereocenters. The van der Waals surface area contributed by atoms with Crippen molar-refractivity contribution in [2.24, 2.45) is 5.92 Å². The van der Waals surface area contributed by atoms with Crippen LogP contribution in [0.3, 0.4) is 0 Å². The highest BCUT2D eigenvalue weighted by Gasteiger charge is 2.21. The normalized spacial score (nSPS) is 11.9. The molecule has 0 saturated carbocycles. The first-order valence-electron chi connectivity index (χ1n) is 5.09. The van der Waals surface area contributed by atoms with Crippen molar-refractivity contribution in [1.29, 1.82) is 0 Å². The summed E-state index contributed by atoms with van der Waals surface area (Å²) in [5, 5.41) is 6.19. The summed E-state index contributed by atoms with van der Waals surface area (Å²) in [5.41, 5.74) is 6.07. The van der Waals surface area contributed by atoms with E-state index in [2.05, 4.69) is 14.9 Å². The van der Waals surface area contributed by atoms with Gasteiger partial charge in [-0.05, 0) is 0 Å². The average Bonchev–Trinajstić information content (AvgIpc) is 2.73. The lowest BCUT2D eigenvalue weighted by Crippen LogP contribution is -2.34. The van der Waals surface area contributed by atoms with Crippen LogP contribution in [-0.4, -0.2) is 47.7 Å². The van der Waals surface area contributed by atoms with E-state index in [4.69, 9.17) is 5.73 Å². The summed E-state index contributed by atoms with van der Waals surface area (Å²) in [6.45, 7) is 1.94. The smallest absolute Gasteiger partial charge is 0.310 e. The number of nitrogens with zero attached hydrogens (tertiary/aromatic N) is 2. The van der Waals surface area contributed by atoms with Gasteiger partial charge in [-0.1, -0.05) is 6.92 Å². The average molecular weight is 240 g/mol. The van der Waals surface area contributed by atoms with Crippen molar-refractivity contribution >= 4 is 17.6 Å². The number of aromatic nitrogens is 2. The standard InChI is InChI=1S/C10H16N4O3/c1-6(10(16)17-3)5-14(2)9(15)8-7(11)4-12-13-8/h4,6H,5,11H2,1-3H3,(H,12,13). The van der Waals surface area contributed by atoms with E-state index >= 15 is 0 Å². The minimum absolute atomic E-state index is 0.226. The number of nitrogen functional groups attached to an aromatic ring is 1. The van der Waals surface area contributed by atoms with Gasteiger partial charge in [0, 0.05) is 13.6 Å². The summed E-state index contributed by atoms with van der Waals surface area (Å²) in [4.78, 5) is 24.5. The summed E-state index contributed by atoms with van der Waals surface area (Å²) >= 11 is 0. The fourth-order valence-corrected chi connectivity index (χ4v) is 1.43. The Morgan fingerprint density at radius 3 is 2.76 bits per heavy atom. The molecule has 0 radical (unpaired) electrons. The minimum Gasteiger partial charge on any atom is -0.469 e. The van der Waals surface area contributed by atoms with Crippen LogP contribution >= 0.6 is 0 Å². The number of anilines is 1. The van der Waals surface area contributed by atoms with E-state index in [9.17, 15) is 9.59 Å². The van der Waals surface area contributed by atoms with E-state index in [0.717, 1.165) is 0 Å². The van der Waals surface area contributed by atoms with Crippen LogP contribution in [0, 0.1) is 5.92 Å². The number of hydrogen-bond acceptors (Lipinski definition) is 5. The molecule has 7 nitrogen and oxygen atoms in total. The number of nitrogens with two attached hydrogens (primary N) is 1. The van der Waals surface area contributed by atoms with Crippen molar-refractivity contribution in [2.45, 2.75) is 6.92 Å². The second-order valence-electron chi connectivity index (χ2n) is 3.81. The highest BCUT2D eigenvalue weighted by molar-refractivity contribution is 5.97. The van der Waals surface area contributed by atoms with Crippen LogP contribution in [0.2, 0.25) is 0 Å². The summed E-state index contributed by atoms with van der Waals surface area (Å²) < 4.78 is 4.59. The minimum atomic E-state index is -0.391. The number of nitrogens with one attached hydrogen (secondary N) is 1. The number of rotatable bonds is 4. The van der Waals surface area contributed by atoms with Crippen LogP contribution < -0.4 is 5.73 Å². The zero-order valence-corrected chi connectivity index (χ0v) is 10.1. The topological polar surface area (TPSA) is 101 Å². The number of ether oxygens (including phenoxy) is 1. The highest BCUT2D eigenvalue weighted by atomic mass is 16.5. The number of amides is 1. The van der Waals surface area contributed by atoms with Crippen molar-refractivity contribution in [2.75, 3.05) is 26.4 Å². The zero-order chi connectivity index (χ0) is 13.0. The van der Waals surface area contributed by atoms with Crippen LogP contribution in [0.4, 0.5) is 5.69 Å². The predicted molar refractivity (Wildman–Crippen MR) is 61.1 cm³/mol. The maximum absolute atomic E-state index is 11.9. The van der Waals surface area contributed by atoms with Crippen LogP contribution in [-0.2, 0) is 9.53 Å². The first-order valence-corrected chi connectivity index (χ1v) is 5.09. The molecule has 0 aliphatic carbocycles. The lowest BCUT2D eigenvalue weighted by Gasteiger charge is -2.19. The van der Waals surface area contributed by atoms with Crippen molar-refractivity contribution < 1.29 is 14.3 Å². The van der Waals surface area contributed by atoms with Crippen LogP contribution in [0.5, 0.6) is 0 Å². The van der Waals surface area contributed by atoms with Crippen molar-refractivity contribution in [1.82, 2.24) is 15.1 Å². The molecule has 1 unspecified atom stereocenters. The van der Waals surface area contributed by atoms with Crippen LogP contribution in [0.25, 0.3) is 0 Å². The molecule has 0 bridgehead atoms. The van der Waals surface area contributed by atoms with Crippen LogP contribution in [0.15, 0.2) is 6.20 Å². The molecule has 1 aromatic heterocycles. The second-order valence-corrected chi connectivity index (χ2v) is 3.81. The molecule has 7 heteroatoms. The van der Waals surface area contributed by atoms with E-state index in [1.165, 1.54) is 18.2 Å². The molecular weight excluding hydrogens is 224 g/mol. The Labute approximate surface area is 98.9 Å².